The fourth-order valence-electron chi connectivity index (χ4n) is 2.91. The first-order chi connectivity index (χ1) is 12.5. The van der Waals surface area contributed by atoms with Crippen LogP contribution in [0.2, 0.25) is 0 Å². The fourth-order valence-corrected chi connectivity index (χ4v) is 3.49. The molecule has 0 radical (unpaired) electrons. The van der Waals surface area contributed by atoms with E-state index in [1.54, 1.807) is 34.6 Å². The van der Waals surface area contributed by atoms with Crippen molar-refractivity contribution in [3.63, 3.8) is 0 Å². The summed E-state index contributed by atoms with van der Waals surface area (Å²) in [6.07, 6.45) is 6.31. The Hall–Kier alpha value is -2.54. The van der Waals surface area contributed by atoms with Crippen LogP contribution in [0.15, 0.2) is 29.8 Å². The summed E-state index contributed by atoms with van der Waals surface area (Å²) in [4.78, 5) is 34.9. The number of amides is 2. The summed E-state index contributed by atoms with van der Waals surface area (Å²) in [7, 11) is 0. The number of aromatic nitrogens is 2. The minimum atomic E-state index is -0.0912. The van der Waals surface area contributed by atoms with Crippen molar-refractivity contribution < 1.29 is 9.59 Å². The SMILES string of the molecule is Cc1ccnc(NC(=O)C2CCN(C(=O)/C=C\c3csc(C)n3)CC2)c1. The normalized spacial score (nSPS) is 15.4. The minimum absolute atomic E-state index is 0.0244. The number of hydrogen-bond acceptors (Lipinski definition) is 5. The quantitative estimate of drug-likeness (QED) is 0.840. The number of rotatable bonds is 4. The van der Waals surface area contributed by atoms with Gasteiger partial charge in [0.2, 0.25) is 11.8 Å². The maximum atomic E-state index is 12.4. The van der Waals surface area contributed by atoms with Gasteiger partial charge in [-0.05, 0) is 50.5 Å². The molecule has 3 heterocycles. The van der Waals surface area contributed by atoms with E-state index in [2.05, 4.69) is 15.3 Å². The number of hydrogen-bond donors (Lipinski definition) is 1. The molecule has 0 bridgehead atoms. The summed E-state index contributed by atoms with van der Waals surface area (Å²) in [6, 6.07) is 3.74. The molecule has 0 saturated carbocycles. The van der Waals surface area contributed by atoms with Gasteiger partial charge < -0.3 is 10.2 Å². The van der Waals surface area contributed by atoms with Crippen LogP contribution < -0.4 is 5.32 Å². The van der Waals surface area contributed by atoms with Gasteiger partial charge in [-0.15, -0.1) is 11.3 Å². The van der Waals surface area contributed by atoms with E-state index in [9.17, 15) is 9.59 Å². The van der Waals surface area contributed by atoms with Crippen molar-refractivity contribution in [2.75, 3.05) is 18.4 Å². The lowest BCUT2D eigenvalue weighted by molar-refractivity contribution is -0.130. The number of anilines is 1. The van der Waals surface area contributed by atoms with Gasteiger partial charge in [0.1, 0.15) is 5.82 Å². The van der Waals surface area contributed by atoms with E-state index >= 15 is 0 Å². The summed E-state index contributed by atoms with van der Waals surface area (Å²) < 4.78 is 0. The van der Waals surface area contributed by atoms with E-state index in [1.807, 2.05) is 31.4 Å². The predicted octanol–water partition coefficient (Wildman–Crippen LogP) is 3.05. The Kier molecular flexibility index (Phi) is 5.78. The lowest BCUT2D eigenvalue weighted by Crippen LogP contribution is -2.40. The monoisotopic (exact) mass is 370 g/mol. The molecule has 136 valence electrons. The molecule has 0 spiro atoms. The Morgan fingerprint density at radius 2 is 2.08 bits per heavy atom. The predicted molar refractivity (Wildman–Crippen MR) is 103 cm³/mol. The summed E-state index contributed by atoms with van der Waals surface area (Å²) in [6.45, 7) is 5.06. The molecule has 1 aliphatic heterocycles. The largest absolute Gasteiger partial charge is 0.339 e. The van der Waals surface area contributed by atoms with E-state index in [0.717, 1.165) is 16.3 Å². The maximum absolute atomic E-state index is 12.4. The van der Waals surface area contributed by atoms with Crippen molar-refractivity contribution in [2.45, 2.75) is 26.7 Å². The van der Waals surface area contributed by atoms with Crippen LogP contribution in [0.1, 0.15) is 29.1 Å². The molecule has 0 aliphatic carbocycles. The Morgan fingerprint density at radius 1 is 1.31 bits per heavy atom. The summed E-state index contributed by atoms with van der Waals surface area (Å²) in [5.74, 6) is 0.431. The highest BCUT2D eigenvalue weighted by molar-refractivity contribution is 7.09. The standard InChI is InChI=1S/C19H22N4O2S/c1-13-5-8-20-17(11-13)22-19(25)15-6-9-23(10-7-15)18(24)4-3-16-12-26-14(2)21-16/h3-5,8,11-12,15H,6-7,9-10H2,1-2H3,(H,20,22,25)/b4-3-. The number of aryl methyl sites for hydroxylation is 2. The van der Waals surface area contributed by atoms with Crippen molar-refractivity contribution >= 4 is 35.0 Å². The second kappa shape index (κ2) is 8.23. The summed E-state index contributed by atoms with van der Waals surface area (Å²) in [5.41, 5.74) is 1.86. The average molecular weight is 370 g/mol. The Bertz CT molecular complexity index is 822. The molecule has 1 aliphatic rings. The highest BCUT2D eigenvalue weighted by Gasteiger charge is 2.26. The highest BCUT2D eigenvalue weighted by Crippen LogP contribution is 2.20. The van der Waals surface area contributed by atoms with E-state index in [1.165, 1.54) is 0 Å². The number of pyridine rings is 1. The molecule has 0 unspecified atom stereocenters. The van der Waals surface area contributed by atoms with Crippen LogP contribution in [0, 0.1) is 19.8 Å². The molecular weight excluding hydrogens is 348 g/mol. The number of nitrogens with zero attached hydrogens (tertiary/aromatic N) is 3. The van der Waals surface area contributed by atoms with Crippen molar-refractivity contribution in [3.8, 4) is 0 Å². The van der Waals surface area contributed by atoms with E-state index in [4.69, 9.17) is 0 Å². The van der Waals surface area contributed by atoms with Crippen LogP contribution in [-0.2, 0) is 9.59 Å². The third kappa shape index (κ3) is 4.76. The Balaban J connectivity index is 1.49. The van der Waals surface area contributed by atoms with Crippen LogP contribution in [0.3, 0.4) is 0 Å². The molecule has 1 fully saturated rings. The Morgan fingerprint density at radius 3 is 2.73 bits per heavy atom. The van der Waals surface area contributed by atoms with Gasteiger partial charge in [-0.25, -0.2) is 9.97 Å². The second-order valence-electron chi connectivity index (χ2n) is 6.43. The highest BCUT2D eigenvalue weighted by atomic mass is 32.1. The van der Waals surface area contributed by atoms with Crippen molar-refractivity contribution in [3.05, 3.63) is 46.1 Å². The van der Waals surface area contributed by atoms with E-state index < -0.39 is 0 Å². The van der Waals surface area contributed by atoms with Crippen LogP contribution >= 0.6 is 11.3 Å². The number of likely N-dealkylation sites (tertiary alicyclic amines) is 1. The molecule has 0 atom stereocenters. The van der Waals surface area contributed by atoms with Gasteiger partial charge in [0.15, 0.2) is 0 Å². The zero-order valence-corrected chi connectivity index (χ0v) is 15.8. The first kappa shape index (κ1) is 18.3. The van der Waals surface area contributed by atoms with E-state index in [-0.39, 0.29) is 17.7 Å². The van der Waals surface area contributed by atoms with Gasteiger partial charge in [0.25, 0.3) is 0 Å². The molecule has 0 aromatic carbocycles. The van der Waals surface area contributed by atoms with Crippen molar-refractivity contribution in [2.24, 2.45) is 5.92 Å². The number of thiazole rings is 1. The molecule has 1 N–H and O–H groups in total. The molecular formula is C19H22N4O2S. The number of carbonyl (C=O) groups is 2. The topological polar surface area (TPSA) is 75.2 Å². The zero-order valence-electron chi connectivity index (χ0n) is 14.9. The maximum Gasteiger partial charge on any atom is 0.246 e. The lowest BCUT2D eigenvalue weighted by atomic mass is 9.96. The number of nitrogens with one attached hydrogen (secondary N) is 1. The first-order valence-electron chi connectivity index (χ1n) is 8.64. The molecule has 3 rings (SSSR count). The van der Waals surface area contributed by atoms with Crippen molar-refractivity contribution in [1.29, 1.82) is 0 Å². The van der Waals surface area contributed by atoms with Crippen LogP contribution in [0.5, 0.6) is 0 Å². The molecule has 26 heavy (non-hydrogen) atoms. The first-order valence-corrected chi connectivity index (χ1v) is 9.52. The summed E-state index contributed by atoms with van der Waals surface area (Å²) in [5, 5.41) is 5.78. The molecule has 1 saturated heterocycles. The number of carbonyl (C=O) groups excluding carboxylic acids is 2. The third-order valence-corrected chi connectivity index (χ3v) is 5.17. The van der Waals surface area contributed by atoms with E-state index in [0.29, 0.717) is 31.7 Å². The van der Waals surface area contributed by atoms with Gasteiger partial charge in [-0.2, -0.15) is 0 Å². The summed E-state index contributed by atoms with van der Waals surface area (Å²) >= 11 is 1.56. The third-order valence-electron chi connectivity index (χ3n) is 4.38. The average Bonchev–Trinajstić information content (AvgIpc) is 3.05. The molecule has 2 amide bonds. The lowest BCUT2D eigenvalue weighted by Gasteiger charge is -2.30. The van der Waals surface area contributed by atoms with Gasteiger partial charge in [-0.3, -0.25) is 9.59 Å². The van der Waals surface area contributed by atoms with Gasteiger partial charge in [0, 0.05) is 36.7 Å². The molecule has 2 aromatic heterocycles. The second-order valence-corrected chi connectivity index (χ2v) is 7.49. The van der Waals surface area contributed by atoms with Crippen molar-refractivity contribution in [1.82, 2.24) is 14.9 Å². The van der Waals surface area contributed by atoms with Gasteiger partial charge >= 0.3 is 0 Å². The minimum Gasteiger partial charge on any atom is -0.339 e. The smallest absolute Gasteiger partial charge is 0.246 e. The van der Waals surface area contributed by atoms with Crippen LogP contribution in [0.4, 0.5) is 5.82 Å². The molecule has 6 nitrogen and oxygen atoms in total. The molecule has 2 aromatic rings. The zero-order chi connectivity index (χ0) is 18.5. The number of piperidine rings is 1. The van der Waals surface area contributed by atoms with Gasteiger partial charge in [0.05, 0.1) is 10.7 Å². The molecule has 7 heteroatoms. The Labute approximate surface area is 157 Å². The van der Waals surface area contributed by atoms with Gasteiger partial charge in [-0.1, -0.05) is 0 Å². The van der Waals surface area contributed by atoms with Crippen LogP contribution in [-0.4, -0.2) is 39.8 Å². The fraction of sp³-hybridized carbons (Fsp3) is 0.368. The van der Waals surface area contributed by atoms with Crippen LogP contribution in [0.25, 0.3) is 6.08 Å².